The highest BCUT2D eigenvalue weighted by Gasteiger charge is 2.22. The van der Waals surface area contributed by atoms with Crippen molar-refractivity contribution in [1.29, 1.82) is 0 Å². The molecule has 0 aromatic carbocycles. The van der Waals surface area contributed by atoms with Crippen molar-refractivity contribution in [2.24, 2.45) is 5.73 Å². The van der Waals surface area contributed by atoms with E-state index >= 15 is 0 Å². The van der Waals surface area contributed by atoms with Crippen LogP contribution in [-0.2, 0) is 19.1 Å². The van der Waals surface area contributed by atoms with E-state index in [1.807, 2.05) is 0 Å². The molecule has 10 heteroatoms. The third kappa shape index (κ3) is 9.97. The molecule has 0 aliphatic heterocycles. The van der Waals surface area contributed by atoms with Gasteiger partial charge >= 0.3 is 0 Å². The van der Waals surface area contributed by atoms with Crippen molar-refractivity contribution in [2.75, 3.05) is 59.6 Å². The molecule has 0 bridgehead atoms. The molecule has 10 nitrogen and oxygen atoms in total. The van der Waals surface area contributed by atoms with E-state index < -0.39 is 11.8 Å². The van der Waals surface area contributed by atoms with Crippen LogP contribution < -0.4 is 5.73 Å². The number of aliphatic hydroxyl groups excluding tert-OH is 1. The number of methoxy groups -OCH3 is 1. The Balaban J connectivity index is 4.85. The minimum absolute atomic E-state index is 0.00968. The lowest BCUT2D eigenvalue weighted by molar-refractivity contribution is -0.170. The van der Waals surface area contributed by atoms with Gasteiger partial charge in [-0.05, 0) is 19.4 Å². The van der Waals surface area contributed by atoms with E-state index in [1.165, 1.54) is 23.8 Å². The van der Waals surface area contributed by atoms with Crippen LogP contribution in [0.25, 0.3) is 0 Å². The molecule has 0 heterocycles. The minimum atomic E-state index is -0.644. The molecule has 146 valence electrons. The van der Waals surface area contributed by atoms with Crippen LogP contribution in [-0.4, -0.2) is 102 Å². The monoisotopic (exact) mass is 362 g/mol. The number of nitrogens with zero attached hydrogens (tertiary/aromatic N) is 3. The van der Waals surface area contributed by atoms with E-state index in [-0.39, 0.29) is 51.8 Å². The van der Waals surface area contributed by atoms with Crippen LogP contribution in [0, 0.1) is 0 Å². The third-order valence-electron chi connectivity index (χ3n) is 3.50. The van der Waals surface area contributed by atoms with Gasteiger partial charge in [0.25, 0.3) is 5.91 Å². The number of rotatable bonds is 13. The van der Waals surface area contributed by atoms with Gasteiger partial charge in [0.1, 0.15) is 6.54 Å². The molecule has 0 radical (unpaired) electrons. The lowest BCUT2D eigenvalue weighted by atomic mass is 10.2. The quantitative estimate of drug-likeness (QED) is 0.201. The van der Waals surface area contributed by atoms with Crippen LogP contribution in [0.1, 0.15) is 19.8 Å². The number of carbonyl (C=O) groups is 3. The molecule has 0 saturated carbocycles. The fourth-order valence-corrected chi connectivity index (χ4v) is 2.02. The summed E-state index contributed by atoms with van der Waals surface area (Å²) >= 11 is 0. The number of ether oxygens (including phenoxy) is 1. The van der Waals surface area contributed by atoms with Crippen molar-refractivity contribution in [1.82, 2.24) is 14.9 Å². The summed E-state index contributed by atoms with van der Waals surface area (Å²) in [6.07, 6.45) is 1.27. The van der Waals surface area contributed by atoms with Gasteiger partial charge in [-0.2, -0.15) is 0 Å². The number of hydroxylamine groups is 2. The molecule has 4 N–H and O–H groups in total. The average Bonchev–Trinajstić information content (AvgIpc) is 2.57. The van der Waals surface area contributed by atoms with Crippen molar-refractivity contribution in [3.63, 3.8) is 0 Å². The lowest BCUT2D eigenvalue weighted by Crippen LogP contribution is -2.47. The van der Waals surface area contributed by atoms with Crippen LogP contribution >= 0.6 is 0 Å². The summed E-state index contributed by atoms with van der Waals surface area (Å²) in [7, 11) is 1.44. The van der Waals surface area contributed by atoms with Gasteiger partial charge in [0.15, 0.2) is 0 Å². The van der Waals surface area contributed by atoms with Gasteiger partial charge < -0.3 is 25.4 Å². The van der Waals surface area contributed by atoms with E-state index in [1.54, 1.807) is 0 Å². The molecule has 0 aliphatic carbocycles. The first-order chi connectivity index (χ1) is 11.9. The fraction of sp³-hybridized carbons (Fsp3) is 0.800. The molecule has 3 amide bonds. The largest absolute Gasteiger partial charge is 0.395 e. The van der Waals surface area contributed by atoms with Crippen LogP contribution in [0.2, 0.25) is 0 Å². The van der Waals surface area contributed by atoms with Gasteiger partial charge in [-0.3, -0.25) is 19.6 Å². The number of amides is 3. The number of carbonyl (C=O) groups excluding carboxylic acids is 3. The standard InChI is InChI=1S/C15H30N4O6/c1-13(21)17(7-9-20)11-14(22)18(6-4-3-5-16)12-15(23)19(24)8-10-25-2/h20,24H,3-12,16H2,1-2H3. The van der Waals surface area contributed by atoms with Gasteiger partial charge in [-0.25, -0.2) is 5.06 Å². The molecule has 0 aromatic rings. The zero-order valence-corrected chi connectivity index (χ0v) is 15.0. The Kier molecular flexibility index (Phi) is 12.6. The average molecular weight is 362 g/mol. The molecule has 0 rings (SSSR count). The Morgan fingerprint density at radius 1 is 1.00 bits per heavy atom. The number of aliphatic hydroxyl groups is 1. The van der Waals surface area contributed by atoms with E-state index in [0.29, 0.717) is 24.4 Å². The second-order valence-corrected chi connectivity index (χ2v) is 5.48. The number of nitrogens with two attached hydrogens (primary N) is 1. The normalized spacial score (nSPS) is 10.4. The summed E-state index contributed by atoms with van der Waals surface area (Å²) in [5.41, 5.74) is 5.44. The summed E-state index contributed by atoms with van der Waals surface area (Å²) in [6, 6.07) is 0. The van der Waals surface area contributed by atoms with Gasteiger partial charge in [-0.15, -0.1) is 0 Å². The van der Waals surface area contributed by atoms with Crippen molar-refractivity contribution >= 4 is 17.7 Å². The molecule has 0 aromatic heterocycles. The van der Waals surface area contributed by atoms with E-state index in [9.17, 15) is 19.6 Å². The van der Waals surface area contributed by atoms with Gasteiger partial charge in [0.05, 0.1) is 26.3 Å². The molecule has 0 aliphatic rings. The zero-order chi connectivity index (χ0) is 19.2. The topological polar surface area (TPSA) is 137 Å². The first kappa shape index (κ1) is 23.2. The number of hydrogen-bond donors (Lipinski definition) is 3. The van der Waals surface area contributed by atoms with Gasteiger partial charge in [0, 0.05) is 27.1 Å². The summed E-state index contributed by atoms with van der Waals surface area (Å²) in [6.45, 7) is 1.41. The Morgan fingerprint density at radius 3 is 2.16 bits per heavy atom. The predicted octanol–water partition coefficient (Wildman–Crippen LogP) is -1.74. The fourth-order valence-electron chi connectivity index (χ4n) is 2.02. The van der Waals surface area contributed by atoms with Crippen LogP contribution in [0.15, 0.2) is 0 Å². The van der Waals surface area contributed by atoms with Crippen molar-refractivity contribution in [2.45, 2.75) is 19.8 Å². The van der Waals surface area contributed by atoms with Crippen LogP contribution in [0.5, 0.6) is 0 Å². The van der Waals surface area contributed by atoms with Crippen LogP contribution in [0.4, 0.5) is 0 Å². The second kappa shape index (κ2) is 13.5. The van der Waals surface area contributed by atoms with Crippen LogP contribution in [0.3, 0.4) is 0 Å². The number of unbranched alkanes of at least 4 members (excludes halogenated alkanes) is 1. The first-order valence-electron chi connectivity index (χ1n) is 8.19. The van der Waals surface area contributed by atoms with E-state index in [0.717, 1.165) is 0 Å². The molecule has 0 saturated heterocycles. The highest BCUT2D eigenvalue weighted by Crippen LogP contribution is 2.01. The van der Waals surface area contributed by atoms with Crippen molar-refractivity contribution in [3.05, 3.63) is 0 Å². The lowest BCUT2D eigenvalue weighted by Gasteiger charge is -2.27. The molecule has 0 unspecified atom stereocenters. The zero-order valence-electron chi connectivity index (χ0n) is 15.0. The van der Waals surface area contributed by atoms with Crippen molar-refractivity contribution in [3.8, 4) is 0 Å². The highest BCUT2D eigenvalue weighted by atomic mass is 16.5. The van der Waals surface area contributed by atoms with E-state index in [4.69, 9.17) is 15.6 Å². The predicted molar refractivity (Wildman–Crippen MR) is 89.6 cm³/mol. The highest BCUT2D eigenvalue weighted by molar-refractivity contribution is 5.87. The Bertz CT molecular complexity index is 421. The first-order valence-corrected chi connectivity index (χ1v) is 8.19. The molecular formula is C15H30N4O6. The third-order valence-corrected chi connectivity index (χ3v) is 3.50. The summed E-state index contributed by atoms with van der Waals surface area (Å²) in [4.78, 5) is 38.4. The Morgan fingerprint density at radius 2 is 1.64 bits per heavy atom. The maximum Gasteiger partial charge on any atom is 0.265 e. The summed E-state index contributed by atoms with van der Waals surface area (Å²) in [5, 5.41) is 19.1. The maximum atomic E-state index is 12.4. The maximum absolute atomic E-state index is 12.4. The SMILES string of the molecule is COCCN(O)C(=O)CN(CCCCN)C(=O)CN(CCO)C(C)=O. The molecule has 25 heavy (non-hydrogen) atoms. The van der Waals surface area contributed by atoms with Crippen molar-refractivity contribution < 1.29 is 29.4 Å². The molecule has 0 fully saturated rings. The van der Waals surface area contributed by atoms with E-state index in [2.05, 4.69) is 0 Å². The Hall–Kier alpha value is -1.75. The van der Waals surface area contributed by atoms with Gasteiger partial charge in [0.2, 0.25) is 11.8 Å². The second-order valence-electron chi connectivity index (χ2n) is 5.48. The molecular weight excluding hydrogens is 332 g/mol. The minimum Gasteiger partial charge on any atom is -0.395 e. The summed E-state index contributed by atoms with van der Waals surface area (Å²) < 4.78 is 4.78. The molecule has 0 atom stereocenters. The molecule has 0 spiro atoms. The Labute approximate surface area is 148 Å². The number of hydrogen-bond acceptors (Lipinski definition) is 7. The summed E-state index contributed by atoms with van der Waals surface area (Å²) in [5.74, 6) is -1.43. The van der Waals surface area contributed by atoms with Gasteiger partial charge in [-0.1, -0.05) is 0 Å². The smallest absolute Gasteiger partial charge is 0.265 e.